The third kappa shape index (κ3) is 3.14. The lowest BCUT2D eigenvalue weighted by molar-refractivity contribution is 0.122. The van der Waals surface area contributed by atoms with Gasteiger partial charge in [0.25, 0.3) is 0 Å². The second-order valence-electron chi connectivity index (χ2n) is 7.72. The van der Waals surface area contributed by atoms with Gasteiger partial charge >= 0.3 is 0 Å². The van der Waals surface area contributed by atoms with Crippen molar-refractivity contribution in [3.8, 4) is 22.6 Å². The topological polar surface area (TPSA) is 86.0 Å². The summed E-state index contributed by atoms with van der Waals surface area (Å²) in [6, 6.07) is 14.2. The number of nitrogens with zero attached hydrogens (tertiary/aromatic N) is 6. The summed E-state index contributed by atoms with van der Waals surface area (Å²) in [7, 11) is 0. The SMILES string of the molecule is Nc1cn2nc(-c3c(-c4ccc(F)cc4)nc4ccc(N5CCOCC5)cn34)ccc2n1. The Kier molecular flexibility index (Phi) is 4.29. The molecule has 5 heterocycles. The molecule has 32 heavy (non-hydrogen) atoms. The Hall–Kier alpha value is -3.98. The van der Waals surface area contributed by atoms with Crippen LogP contribution in [0.15, 0.2) is 60.9 Å². The first kappa shape index (κ1) is 18.8. The Balaban J connectivity index is 1.58. The molecule has 1 aromatic carbocycles. The van der Waals surface area contributed by atoms with Crippen LogP contribution in [0, 0.1) is 5.82 Å². The predicted octanol–water partition coefficient (Wildman–Crippen LogP) is 3.27. The van der Waals surface area contributed by atoms with Gasteiger partial charge in [0.15, 0.2) is 5.65 Å². The second kappa shape index (κ2) is 7.31. The molecule has 1 aliphatic heterocycles. The molecule has 2 N–H and O–H groups in total. The van der Waals surface area contributed by atoms with Crippen LogP contribution in [-0.4, -0.2) is 50.3 Å². The molecule has 9 heteroatoms. The fraction of sp³-hybridized carbons (Fsp3) is 0.174. The van der Waals surface area contributed by atoms with E-state index in [2.05, 4.69) is 22.1 Å². The Morgan fingerprint density at radius 2 is 1.66 bits per heavy atom. The maximum absolute atomic E-state index is 13.6. The molecular weight excluding hydrogens is 409 g/mol. The summed E-state index contributed by atoms with van der Waals surface area (Å²) in [6.45, 7) is 3.07. The van der Waals surface area contributed by atoms with Crippen LogP contribution in [0.25, 0.3) is 33.9 Å². The molecule has 0 atom stereocenters. The highest BCUT2D eigenvalue weighted by atomic mass is 19.1. The predicted molar refractivity (Wildman–Crippen MR) is 120 cm³/mol. The highest BCUT2D eigenvalue weighted by Gasteiger charge is 2.20. The maximum atomic E-state index is 13.6. The lowest BCUT2D eigenvalue weighted by atomic mass is 10.1. The average molecular weight is 429 g/mol. The standard InChI is InChI=1S/C23H20FN7O/c24-16-3-1-15(2-4-16)22-23(18-6-8-21-26-19(25)14-31(21)28-18)30-13-17(5-7-20(30)27-22)29-9-11-32-12-10-29/h1-8,13-14H,9-12,25H2. The number of hydrogen-bond donors (Lipinski definition) is 1. The van der Waals surface area contributed by atoms with Gasteiger partial charge in [0.2, 0.25) is 0 Å². The molecule has 0 aliphatic carbocycles. The minimum Gasteiger partial charge on any atom is -0.382 e. The van der Waals surface area contributed by atoms with Crippen molar-refractivity contribution in [3.63, 3.8) is 0 Å². The van der Waals surface area contributed by atoms with Crippen LogP contribution in [0.1, 0.15) is 0 Å². The Bertz CT molecular complexity index is 1430. The van der Waals surface area contributed by atoms with Crippen LogP contribution in [0.5, 0.6) is 0 Å². The Morgan fingerprint density at radius 1 is 0.875 bits per heavy atom. The van der Waals surface area contributed by atoms with Gasteiger partial charge in [-0.2, -0.15) is 5.10 Å². The van der Waals surface area contributed by atoms with E-state index in [0.29, 0.717) is 30.4 Å². The van der Waals surface area contributed by atoms with Crippen molar-refractivity contribution < 1.29 is 9.13 Å². The van der Waals surface area contributed by atoms with E-state index >= 15 is 0 Å². The molecule has 0 amide bonds. The number of hydrogen-bond acceptors (Lipinski definition) is 6. The highest BCUT2D eigenvalue weighted by molar-refractivity contribution is 5.81. The molecular formula is C23H20FN7O. The van der Waals surface area contributed by atoms with Gasteiger partial charge in [-0.3, -0.25) is 4.40 Å². The lowest BCUT2D eigenvalue weighted by Gasteiger charge is -2.28. The van der Waals surface area contributed by atoms with E-state index in [-0.39, 0.29) is 5.82 Å². The van der Waals surface area contributed by atoms with Crippen LogP contribution in [0.4, 0.5) is 15.9 Å². The zero-order valence-electron chi connectivity index (χ0n) is 17.1. The zero-order valence-corrected chi connectivity index (χ0v) is 17.1. The van der Waals surface area contributed by atoms with E-state index in [1.165, 1.54) is 12.1 Å². The number of aromatic nitrogens is 5. The van der Waals surface area contributed by atoms with E-state index < -0.39 is 0 Å². The van der Waals surface area contributed by atoms with E-state index in [9.17, 15) is 4.39 Å². The third-order valence-electron chi connectivity index (χ3n) is 5.68. The Morgan fingerprint density at radius 3 is 2.47 bits per heavy atom. The van der Waals surface area contributed by atoms with Gasteiger partial charge in [-0.15, -0.1) is 0 Å². The Labute approximate surface area is 182 Å². The molecule has 0 spiro atoms. The summed E-state index contributed by atoms with van der Waals surface area (Å²) in [5.41, 5.74) is 11.4. The summed E-state index contributed by atoms with van der Waals surface area (Å²) in [6.07, 6.45) is 3.75. The molecule has 0 unspecified atom stereocenters. The number of pyridine rings is 1. The van der Waals surface area contributed by atoms with E-state index in [4.69, 9.17) is 20.6 Å². The number of imidazole rings is 2. The fourth-order valence-corrected chi connectivity index (χ4v) is 4.12. The molecule has 6 rings (SSSR count). The summed E-state index contributed by atoms with van der Waals surface area (Å²) in [5, 5.41) is 4.74. The molecule has 1 fully saturated rings. The fourth-order valence-electron chi connectivity index (χ4n) is 4.12. The van der Waals surface area contributed by atoms with Gasteiger partial charge in [-0.05, 0) is 48.5 Å². The van der Waals surface area contributed by atoms with Crippen molar-refractivity contribution in [1.29, 1.82) is 0 Å². The lowest BCUT2D eigenvalue weighted by Crippen LogP contribution is -2.36. The number of nitrogen functional groups attached to an aromatic ring is 1. The molecule has 1 aliphatic rings. The van der Waals surface area contributed by atoms with Gasteiger partial charge in [-0.1, -0.05) is 0 Å². The van der Waals surface area contributed by atoms with Crippen LogP contribution in [0.2, 0.25) is 0 Å². The number of fused-ring (bicyclic) bond motifs is 2. The largest absolute Gasteiger partial charge is 0.382 e. The maximum Gasteiger partial charge on any atom is 0.156 e. The van der Waals surface area contributed by atoms with Crippen molar-refractivity contribution in [3.05, 3.63) is 66.7 Å². The van der Waals surface area contributed by atoms with Crippen molar-refractivity contribution in [2.24, 2.45) is 0 Å². The molecule has 8 nitrogen and oxygen atoms in total. The average Bonchev–Trinajstić information content (AvgIpc) is 3.38. The molecule has 160 valence electrons. The summed E-state index contributed by atoms with van der Waals surface area (Å²) in [5.74, 6) is 0.114. The van der Waals surface area contributed by atoms with Crippen molar-refractivity contribution in [1.82, 2.24) is 24.0 Å². The number of morpholine rings is 1. The van der Waals surface area contributed by atoms with Gasteiger partial charge in [0, 0.05) is 24.8 Å². The van der Waals surface area contributed by atoms with Crippen molar-refractivity contribution >= 4 is 22.8 Å². The minimum absolute atomic E-state index is 0.290. The number of nitrogens with two attached hydrogens (primary N) is 1. The molecule has 0 radical (unpaired) electrons. The summed E-state index contributed by atoms with van der Waals surface area (Å²) >= 11 is 0. The molecule has 1 saturated heterocycles. The molecule has 0 saturated carbocycles. The molecule has 0 bridgehead atoms. The zero-order chi connectivity index (χ0) is 21.7. The van der Waals surface area contributed by atoms with Crippen molar-refractivity contribution in [2.45, 2.75) is 0 Å². The van der Waals surface area contributed by atoms with Crippen LogP contribution in [0.3, 0.4) is 0 Å². The number of rotatable bonds is 3. The third-order valence-corrected chi connectivity index (χ3v) is 5.68. The number of halogens is 1. The number of benzene rings is 1. The van der Waals surface area contributed by atoms with E-state index in [0.717, 1.165) is 41.4 Å². The highest BCUT2D eigenvalue weighted by Crippen LogP contribution is 2.33. The second-order valence-corrected chi connectivity index (χ2v) is 7.72. The van der Waals surface area contributed by atoms with Gasteiger partial charge < -0.3 is 15.4 Å². The number of ether oxygens (including phenoxy) is 1. The summed E-state index contributed by atoms with van der Waals surface area (Å²) in [4.78, 5) is 11.4. The minimum atomic E-state index is -0.290. The van der Waals surface area contributed by atoms with Crippen LogP contribution < -0.4 is 10.6 Å². The van der Waals surface area contributed by atoms with Crippen LogP contribution in [-0.2, 0) is 4.74 Å². The first-order valence-electron chi connectivity index (χ1n) is 10.4. The molecule has 4 aromatic heterocycles. The summed E-state index contributed by atoms with van der Waals surface area (Å²) < 4.78 is 22.8. The van der Waals surface area contributed by atoms with Gasteiger partial charge in [-0.25, -0.2) is 18.9 Å². The monoisotopic (exact) mass is 429 g/mol. The normalized spacial score (nSPS) is 14.5. The van der Waals surface area contributed by atoms with Gasteiger partial charge in [0.05, 0.1) is 30.8 Å². The van der Waals surface area contributed by atoms with E-state index in [1.807, 2.05) is 22.6 Å². The first-order valence-corrected chi connectivity index (χ1v) is 10.4. The van der Waals surface area contributed by atoms with Crippen LogP contribution >= 0.6 is 0 Å². The quantitative estimate of drug-likeness (QED) is 0.474. The van der Waals surface area contributed by atoms with Gasteiger partial charge in [0.1, 0.15) is 28.7 Å². The van der Waals surface area contributed by atoms with E-state index in [1.54, 1.807) is 22.8 Å². The number of anilines is 2. The molecule has 5 aromatic rings. The van der Waals surface area contributed by atoms with Crippen molar-refractivity contribution in [2.75, 3.05) is 36.9 Å². The first-order chi connectivity index (χ1) is 15.7. The smallest absolute Gasteiger partial charge is 0.156 e.